The SMILES string of the molecule is CC(C)C(NC(=O)c1c(F)cccc1F)C(=O)N(CC(N)=O)C(C)C. The van der Waals surface area contributed by atoms with Crippen molar-refractivity contribution in [3.8, 4) is 0 Å². The van der Waals surface area contributed by atoms with Crippen molar-refractivity contribution in [3.05, 3.63) is 35.4 Å². The first kappa shape index (κ1) is 20.5. The summed E-state index contributed by atoms with van der Waals surface area (Å²) >= 11 is 0. The largest absolute Gasteiger partial charge is 0.368 e. The summed E-state index contributed by atoms with van der Waals surface area (Å²) in [5, 5.41) is 2.36. The van der Waals surface area contributed by atoms with Gasteiger partial charge in [0.15, 0.2) is 0 Å². The molecule has 138 valence electrons. The Labute approximate surface area is 145 Å². The molecule has 8 heteroatoms. The molecule has 0 aliphatic rings. The zero-order valence-corrected chi connectivity index (χ0v) is 14.7. The Morgan fingerprint density at radius 1 is 1.12 bits per heavy atom. The highest BCUT2D eigenvalue weighted by molar-refractivity contribution is 5.98. The van der Waals surface area contributed by atoms with Crippen LogP contribution in [0, 0.1) is 17.6 Å². The number of carbonyl (C=O) groups excluding carboxylic acids is 3. The Morgan fingerprint density at radius 3 is 2.04 bits per heavy atom. The maximum Gasteiger partial charge on any atom is 0.257 e. The molecule has 0 fully saturated rings. The van der Waals surface area contributed by atoms with Gasteiger partial charge in [-0.1, -0.05) is 19.9 Å². The second-order valence-corrected chi connectivity index (χ2v) is 6.32. The molecule has 1 aromatic rings. The van der Waals surface area contributed by atoms with Gasteiger partial charge in [-0.05, 0) is 31.9 Å². The molecule has 6 nitrogen and oxygen atoms in total. The molecule has 1 atom stereocenters. The minimum atomic E-state index is -1.06. The van der Waals surface area contributed by atoms with E-state index in [-0.39, 0.29) is 18.5 Å². The Morgan fingerprint density at radius 2 is 1.64 bits per heavy atom. The second kappa shape index (κ2) is 8.55. The number of nitrogens with two attached hydrogens (primary N) is 1. The van der Waals surface area contributed by atoms with E-state index in [1.54, 1.807) is 27.7 Å². The molecule has 0 bridgehead atoms. The van der Waals surface area contributed by atoms with Crippen molar-refractivity contribution in [2.45, 2.75) is 39.8 Å². The van der Waals surface area contributed by atoms with Crippen LogP contribution in [-0.4, -0.2) is 41.2 Å². The van der Waals surface area contributed by atoms with Crippen LogP contribution in [0.3, 0.4) is 0 Å². The van der Waals surface area contributed by atoms with E-state index in [1.165, 1.54) is 4.90 Å². The standard InChI is InChI=1S/C17H23F2N3O3/c1-9(2)15(17(25)22(10(3)4)8-13(20)23)21-16(24)14-11(18)6-5-7-12(14)19/h5-7,9-10,15H,8H2,1-4H3,(H2,20,23)(H,21,24). The van der Waals surface area contributed by atoms with Gasteiger partial charge in [-0.25, -0.2) is 8.78 Å². The summed E-state index contributed by atoms with van der Waals surface area (Å²) in [6.45, 7) is 6.41. The fourth-order valence-electron chi connectivity index (χ4n) is 2.30. The van der Waals surface area contributed by atoms with Gasteiger partial charge < -0.3 is 16.0 Å². The number of nitrogens with zero attached hydrogens (tertiary/aromatic N) is 1. The van der Waals surface area contributed by atoms with Crippen molar-refractivity contribution in [1.29, 1.82) is 0 Å². The van der Waals surface area contributed by atoms with Crippen LogP contribution in [0.5, 0.6) is 0 Å². The number of hydrogen-bond donors (Lipinski definition) is 2. The molecular weight excluding hydrogens is 332 g/mol. The Hall–Kier alpha value is -2.51. The topological polar surface area (TPSA) is 92.5 Å². The molecule has 25 heavy (non-hydrogen) atoms. The van der Waals surface area contributed by atoms with Crippen molar-refractivity contribution in [3.63, 3.8) is 0 Å². The lowest BCUT2D eigenvalue weighted by Gasteiger charge is -2.31. The molecule has 0 heterocycles. The molecule has 0 aliphatic heterocycles. The first-order valence-electron chi connectivity index (χ1n) is 7.89. The van der Waals surface area contributed by atoms with Gasteiger partial charge in [0.1, 0.15) is 23.2 Å². The number of amides is 3. The summed E-state index contributed by atoms with van der Waals surface area (Å²) in [6.07, 6.45) is 0. The number of benzene rings is 1. The minimum Gasteiger partial charge on any atom is -0.368 e. The second-order valence-electron chi connectivity index (χ2n) is 6.32. The molecule has 1 aromatic carbocycles. The molecule has 3 amide bonds. The van der Waals surface area contributed by atoms with E-state index in [0.29, 0.717) is 0 Å². The monoisotopic (exact) mass is 355 g/mol. The van der Waals surface area contributed by atoms with E-state index >= 15 is 0 Å². The fourth-order valence-corrected chi connectivity index (χ4v) is 2.30. The van der Waals surface area contributed by atoms with Crippen molar-refractivity contribution >= 4 is 17.7 Å². The van der Waals surface area contributed by atoms with Crippen LogP contribution in [0.4, 0.5) is 8.78 Å². The summed E-state index contributed by atoms with van der Waals surface area (Å²) in [6, 6.07) is 1.64. The smallest absolute Gasteiger partial charge is 0.257 e. The molecule has 0 saturated carbocycles. The molecule has 0 radical (unpaired) electrons. The van der Waals surface area contributed by atoms with Crippen molar-refractivity contribution in [1.82, 2.24) is 10.2 Å². The maximum atomic E-state index is 13.8. The molecular formula is C17H23F2N3O3. The quantitative estimate of drug-likeness (QED) is 0.775. The average Bonchev–Trinajstić information content (AvgIpc) is 2.48. The number of nitrogens with one attached hydrogen (secondary N) is 1. The predicted molar refractivity (Wildman–Crippen MR) is 88.5 cm³/mol. The van der Waals surface area contributed by atoms with Gasteiger partial charge in [0.05, 0.1) is 6.54 Å². The Balaban J connectivity index is 3.09. The average molecular weight is 355 g/mol. The predicted octanol–water partition coefficient (Wildman–Crippen LogP) is 1.44. The third-order valence-corrected chi connectivity index (χ3v) is 3.64. The number of carbonyl (C=O) groups is 3. The Kier molecular flexibility index (Phi) is 7.02. The van der Waals surface area contributed by atoms with Crippen LogP contribution in [-0.2, 0) is 9.59 Å². The van der Waals surface area contributed by atoms with Gasteiger partial charge in [0.25, 0.3) is 5.91 Å². The van der Waals surface area contributed by atoms with E-state index in [4.69, 9.17) is 5.73 Å². The molecule has 0 saturated heterocycles. The minimum absolute atomic E-state index is 0.316. The molecule has 0 spiro atoms. The third-order valence-electron chi connectivity index (χ3n) is 3.64. The third kappa shape index (κ3) is 5.23. The molecule has 1 unspecified atom stereocenters. The molecule has 3 N–H and O–H groups in total. The van der Waals surface area contributed by atoms with Crippen molar-refractivity contribution in [2.24, 2.45) is 11.7 Å². The first-order valence-corrected chi connectivity index (χ1v) is 7.89. The zero-order valence-electron chi connectivity index (χ0n) is 14.7. The molecule has 0 aromatic heterocycles. The van der Waals surface area contributed by atoms with Gasteiger partial charge in [-0.2, -0.15) is 0 Å². The highest BCUT2D eigenvalue weighted by Crippen LogP contribution is 2.15. The number of hydrogen-bond acceptors (Lipinski definition) is 3. The number of rotatable bonds is 7. The van der Waals surface area contributed by atoms with Gasteiger partial charge in [0, 0.05) is 6.04 Å². The summed E-state index contributed by atoms with van der Waals surface area (Å²) in [4.78, 5) is 37.4. The van der Waals surface area contributed by atoms with Gasteiger partial charge in [-0.15, -0.1) is 0 Å². The van der Waals surface area contributed by atoms with Crippen LogP contribution >= 0.6 is 0 Å². The Bertz CT molecular complexity index is 642. The summed E-state index contributed by atoms with van der Waals surface area (Å²) < 4.78 is 27.5. The fraction of sp³-hybridized carbons (Fsp3) is 0.471. The van der Waals surface area contributed by atoms with Crippen LogP contribution in [0.2, 0.25) is 0 Å². The van der Waals surface area contributed by atoms with Crippen molar-refractivity contribution in [2.75, 3.05) is 6.54 Å². The highest BCUT2D eigenvalue weighted by atomic mass is 19.1. The van der Waals surface area contributed by atoms with Crippen LogP contribution in [0.1, 0.15) is 38.1 Å². The van der Waals surface area contributed by atoms with Crippen LogP contribution < -0.4 is 11.1 Å². The van der Waals surface area contributed by atoms with E-state index < -0.39 is 41.0 Å². The van der Waals surface area contributed by atoms with E-state index in [1.807, 2.05) is 0 Å². The van der Waals surface area contributed by atoms with Crippen molar-refractivity contribution < 1.29 is 23.2 Å². The highest BCUT2D eigenvalue weighted by Gasteiger charge is 2.32. The lowest BCUT2D eigenvalue weighted by molar-refractivity contribution is -0.139. The summed E-state index contributed by atoms with van der Waals surface area (Å²) in [5.41, 5.74) is 4.40. The van der Waals surface area contributed by atoms with Gasteiger partial charge in [-0.3, -0.25) is 14.4 Å². The zero-order chi connectivity index (χ0) is 19.3. The molecule has 1 rings (SSSR count). The van der Waals surface area contributed by atoms with E-state index in [2.05, 4.69) is 5.32 Å². The maximum absolute atomic E-state index is 13.8. The first-order chi connectivity index (χ1) is 11.6. The number of primary amides is 1. The van der Waals surface area contributed by atoms with Crippen LogP contribution in [0.15, 0.2) is 18.2 Å². The molecule has 0 aliphatic carbocycles. The lowest BCUT2D eigenvalue weighted by Crippen LogP contribution is -2.54. The summed E-state index contributed by atoms with van der Waals surface area (Å²) in [5.74, 6) is -4.70. The normalized spacial score (nSPS) is 12.2. The lowest BCUT2D eigenvalue weighted by atomic mass is 10.0. The van der Waals surface area contributed by atoms with E-state index in [9.17, 15) is 23.2 Å². The van der Waals surface area contributed by atoms with Gasteiger partial charge in [0.2, 0.25) is 11.8 Å². The summed E-state index contributed by atoms with van der Waals surface area (Å²) in [7, 11) is 0. The van der Waals surface area contributed by atoms with Gasteiger partial charge >= 0.3 is 0 Å². The van der Waals surface area contributed by atoms with Crippen LogP contribution in [0.25, 0.3) is 0 Å². The number of halogens is 2. The van der Waals surface area contributed by atoms with E-state index in [0.717, 1.165) is 18.2 Å².